The number of aliphatic imine (C=N–C) groups is 1. The van der Waals surface area contributed by atoms with Crippen molar-refractivity contribution in [2.45, 2.75) is 33.6 Å². The first-order valence-corrected chi connectivity index (χ1v) is 4.93. The highest BCUT2D eigenvalue weighted by Gasteiger charge is 2.06. The molecule has 74 valence electrons. The molecule has 14 heavy (non-hydrogen) atoms. The minimum absolute atomic E-state index is 0.815. The van der Waals surface area contributed by atoms with Gasteiger partial charge in [-0.2, -0.15) is 4.99 Å². The van der Waals surface area contributed by atoms with Gasteiger partial charge in [-0.25, -0.2) is 4.79 Å². The lowest BCUT2D eigenvalue weighted by atomic mass is 10.0. The van der Waals surface area contributed by atoms with E-state index in [1.54, 1.807) is 6.08 Å². The fourth-order valence-corrected chi connectivity index (χ4v) is 1.66. The van der Waals surface area contributed by atoms with Crippen LogP contribution in [-0.4, -0.2) is 6.08 Å². The van der Waals surface area contributed by atoms with E-state index in [4.69, 9.17) is 0 Å². The van der Waals surface area contributed by atoms with Crippen molar-refractivity contribution in [2.75, 3.05) is 0 Å². The molecule has 2 heteroatoms. The Kier molecular flexibility index (Phi) is 3.61. The summed E-state index contributed by atoms with van der Waals surface area (Å²) in [5, 5.41) is 0. The lowest BCUT2D eigenvalue weighted by Crippen LogP contribution is -1.90. The Morgan fingerprint density at radius 2 is 1.71 bits per heavy atom. The maximum Gasteiger partial charge on any atom is 0.240 e. The van der Waals surface area contributed by atoms with E-state index in [9.17, 15) is 4.79 Å². The lowest BCUT2D eigenvalue weighted by Gasteiger charge is -2.08. The molecule has 0 N–H and O–H groups in total. The van der Waals surface area contributed by atoms with E-state index in [1.165, 1.54) is 5.56 Å². The molecule has 0 aromatic heterocycles. The van der Waals surface area contributed by atoms with Gasteiger partial charge in [-0.3, -0.25) is 0 Å². The Morgan fingerprint density at radius 3 is 2.07 bits per heavy atom. The molecule has 0 saturated carbocycles. The molecule has 0 amide bonds. The van der Waals surface area contributed by atoms with Crippen LogP contribution < -0.4 is 0 Å². The van der Waals surface area contributed by atoms with Crippen molar-refractivity contribution in [1.29, 1.82) is 0 Å². The Hall–Kier alpha value is -1.40. The van der Waals surface area contributed by atoms with Crippen LogP contribution in [0.15, 0.2) is 17.1 Å². The van der Waals surface area contributed by atoms with E-state index in [0.29, 0.717) is 0 Å². The molecular formula is C12H15NO. The highest BCUT2D eigenvalue weighted by Crippen LogP contribution is 2.26. The summed E-state index contributed by atoms with van der Waals surface area (Å²) >= 11 is 0. The standard InChI is InChI=1S/C12H15NO/c1-4-10-6-9(3)7-11(5-2)12(10)13-8-14/h6-7H,4-5H2,1-3H3. The molecule has 0 bridgehead atoms. The molecule has 0 unspecified atom stereocenters. The van der Waals surface area contributed by atoms with Crippen LogP contribution in [0.3, 0.4) is 0 Å². The van der Waals surface area contributed by atoms with Crippen molar-refractivity contribution in [3.63, 3.8) is 0 Å². The average Bonchev–Trinajstić information content (AvgIpc) is 2.20. The van der Waals surface area contributed by atoms with Gasteiger partial charge in [0.25, 0.3) is 0 Å². The lowest BCUT2D eigenvalue weighted by molar-refractivity contribution is 0.565. The molecule has 0 saturated heterocycles. The van der Waals surface area contributed by atoms with Gasteiger partial charge in [0, 0.05) is 0 Å². The number of rotatable bonds is 3. The highest BCUT2D eigenvalue weighted by atomic mass is 16.1. The van der Waals surface area contributed by atoms with Gasteiger partial charge in [-0.05, 0) is 30.9 Å². The van der Waals surface area contributed by atoms with E-state index in [0.717, 1.165) is 29.7 Å². The first kappa shape index (κ1) is 10.7. The number of hydrogen-bond acceptors (Lipinski definition) is 2. The van der Waals surface area contributed by atoms with E-state index in [-0.39, 0.29) is 0 Å². The fourth-order valence-electron chi connectivity index (χ4n) is 1.66. The molecule has 0 atom stereocenters. The third-order valence-corrected chi connectivity index (χ3v) is 2.33. The summed E-state index contributed by atoms with van der Waals surface area (Å²) < 4.78 is 0. The number of hydrogen-bond donors (Lipinski definition) is 0. The van der Waals surface area contributed by atoms with Gasteiger partial charge >= 0.3 is 0 Å². The summed E-state index contributed by atoms with van der Waals surface area (Å²) in [6.07, 6.45) is 3.42. The Bertz CT molecular complexity index is 351. The van der Waals surface area contributed by atoms with Crippen LogP contribution in [0.2, 0.25) is 0 Å². The average molecular weight is 189 g/mol. The second kappa shape index (κ2) is 4.73. The minimum Gasteiger partial charge on any atom is -0.211 e. The molecule has 0 fully saturated rings. The predicted octanol–water partition coefficient (Wildman–Crippen LogP) is 3.09. The summed E-state index contributed by atoms with van der Waals surface area (Å²) in [4.78, 5) is 14.1. The first-order chi connectivity index (χ1) is 6.72. The van der Waals surface area contributed by atoms with Gasteiger partial charge in [-0.15, -0.1) is 0 Å². The second-order valence-electron chi connectivity index (χ2n) is 3.34. The molecule has 1 rings (SSSR count). The van der Waals surface area contributed by atoms with Gasteiger partial charge in [0.15, 0.2) is 0 Å². The SMILES string of the molecule is CCc1cc(C)cc(CC)c1N=C=O. The fraction of sp³-hybridized carbons (Fsp3) is 0.417. The molecule has 0 radical (unpaired) electrons. The van der Waals surface area contributed by atoms with Gasteiger partial charge in [0.05, 0.1) is 5.69 Å². The summed E-state index contributed by atoms with van der Waals surface area (Å²) in [5.41, 5.74) is 4.30. The Labute approximate surface area is 84.7 Å². The van der Waals surface area contributed by atoms with Gasteiger partial charge in [0.1, 0.15) is 0 Å². The predicted molar refractivity (Wildman–Crippen MR) is 57.7 cm³/mol. The molecule has 0 spiro atoms. The molecule has 0 aliphatic heterocycles. The van der Waals surface area contributed by atoms with Crippen molar-refractivity contribution in [3.8, 4) is 0 Å². The number of isocyanates is 1. The van der Waals surface area contributed by atoms with Crippen LogP contribution in [0, 0.1) is 6.92 Å². The molecule has 0 aliphatic carbocycles. The highest BCUT2D eigenvalue weighted by molar-refractivity contribution is 5.60. The number of aryl methyl sites for hydroxylation is 3. The van der Waals surface area contributed by atoms with E-state index >= 15 is 0 Å². The summed E-state index contributed by atoms with van der Waals surface area (Å²) in [6, 6.07) is 4.16. The maximum atomic E-state index is 10.3. The third-order valence-electron chi connectivity index (χ3n) is 2.33. The van der Waals surface area contributed by atoms with Gasteiger partial charge in [-0.1, -0.05) is 31.5 Å². The van der Waals surface area contributed by atoms with Crippen molar-refractivity contribution in [3.05, 3.63) is 28.8 Å². The zero-order valence-corrected chi connectivity index (χ0v) is 8.92. The molecule has 0 aliphatic rings. The van der Waals surface area contributed by atoms with E-state index in [1.807, 2.05) is 0 Å². The zero-order valence-electron chi connectivity index (χ0n) is 8.92. The van der Waals surface area contributed by atoms with E-state index < -0.39 is 0 Å². The normalized spacial score (nSPS) is 9.64. The van der Waals surface area contributed by atoms with Crippen molar-refractivity contribution < 1.29 is 4.79 Å². The van der Waals surface area contributed by atoms with Crippen LogP contribution in [0.25, 0.3) is 0 Å². The molecule has 2 nitrogen and oxygen atoms in total. The zero-order chi connectivity index (χ0) is 10.6. The third kappa shape index (κ3) is 2.09. The second-order valence-corrected chi connectivity index (χ2v) is 3.34. The Balaban J connectivity index is 3.39. The molecule has 1 aromatic rings. The molecule has 1 aromatic carbocycles. The smallest absolute Gasteiger partial charge is 0.211 e. The van der Waals surface area contributed by atoms with Crippen LogP contribution in [-0.2, 0) is 17.6 Å². The maximum absolute atomic E-state index is 10.3. The topological polar surface area (TPSA) is 29.4 Å². The number of carbonyl (C=O) groups excluding carboxylic acids is 1. The van der Waals surface area contributed by atoms with Crippen molar-refractivity contribution >= 4 is 11.8 Å². The van der Waals surface area contributed by atoms with E-state index in [2.05, 4.69) is 37.9 Å². The van der Waals surface area contributed by atoms with Crippen molar-refractivity contribution in [1.82, 2.24) is 0 Å². The van der Waals surface area contributed by atoms with Gasteiger partial charge in [0.2, 0.25) is 6.08 Å². The van der Waals surface area contributed by atoms with Crippen LogP contribution in [0.1, 0.15) is 30.5 Å². The van der Waals surface area contributed by atoms with Gasteiger partial charge < -0.3 is 0 Å². The van der Waals surface area contributed by atoms with Crippen LogP contribution >= 0.6 is 0 Å². The monoisotopic (exact) mass is 189 g/mol. The summed E-state index contributed by atoms with van der Waals surface area (Å²) in [7, 11) is 0. The van der Waals surface area contributed by atoms with Crippen LogP contribution in [0.5, 0.6) is 0 Å². The van der Waals surface area contributed by atoms with Crippen LogP contribution in [0.4, 0.5) is 5.69 Å². The number of nitrogens with zero attached hydrogens (tertiary/aromatic N) is 1. The Morgan fingerprint density at radius 1 is 1.21 bits per heavy atom. The minimum atomic E-state index is 0.815. The number of benzene rings is 1. The van der Waals surface area contributed by atoms with Crippen molar-refractivity contribution in [2.24, 2.45) is 4.99 Å². The summed E-state index contributed by atoms with van der Waals surface area (Å²) in [6.45, 7) is 6.20. The first-order valence-electron chi connectivity index (χ1n) is 4.93. The molecular weight excluding hydrogens is 174 g/mol. The molecule has 0 heterocycles. The largest absolute Gasteiger partial charge is 0.240 e. The quantitative estimate of drug-likeness (QED) is 0.530. The summed E-state index contributed by atoms with van der Waals surface area (Å²) in [5.74, 6) is 0.